The van der Waals surface area contributed by atoms with E-state index < -0.39 is 29.4 Å². The van der Waals surface area contributed by atoms with Crippen molar-refractivity contribution in [3.05, 3.63) is 98.5 Å². The average Bonchev–Trinajstić information content (AvgIpc) is 2.68. The van der Waals surface area contributed by atoms with E-state index in [-0.39, 0.29) is 32.4 Å². The van der Waals surface area contributed by atoms with Crippen molar-refractivity contribution in [1.29, 1.82) is 5.26 Å². The fraction of sp³-hybridized carbons (Fsp3) is 0.0500. The summed E-state index contributed by atoms with van der Waals surface area (Å²) >= 11 is 11.4. The number of nitrogens with one attached hydrogen (secondary N) is 1. The van der Waals surface area contributed by atoms with Gasteiger partial charge in [0.1, 0.15) is 29.2 Å². The maximum Gasteiger partial charge on any atom is 0.252 e. The van der Waals surface area contributed by atoms with Gasteiger partial charge in [-0.3, -0.25) is 9.78 Å². The maximum absolute atomic E-state index is 14.5. The van der Waals surface area contributed by atoms with Crippen LogP contribution in [0.2, 0.25) is 10.0 Å². The second kappa shape index (κ2) is 8.52. The smallest absolute Gasteiger partial charge is 0.252 e. The molecular formula is C20H10Cl2F3N3O. The third-order valence-corrected chi connectivity index (χ3v) is 4.53. The summed E-state index contributed by atoms with van der Waals surface area (Å²) < 4.78 is 42.3. The van der Waals surface area contributed by atoms with E-state index in [9.17, 15) is 18.0 Å². The second-order valence-electron chi connectivity index (χ2n) is 5.91. The molecule has 0 saturated heterocycles. The Morgan fingerprint density at radius 1 is 1.03 bits per heavy atom. The number of rotatable bonds is 4. The van der Waals surface area contributed by atoms with Gasteiger partial charge in [-0.1, -0.05) is 29.3 Å². The first-order valence-electron chi connectivity index (χ1n) is 8.06. The lowest BCUT2D eigenvalue weighted by Crippen LogP contribution is -2.31. The third kappa shape index (κ3) is 4.50. The number of nitriles is 1. The van der Waals surface area contributed by atoms with Crippen molar-refractivity contribution in [1.82, 2.24) is 10.3 Å². The Morgan fingerprint density at radius 3 is 2.41 bits per heavy atom. The molecule has 0 fully saturated rings. The number of aromatic nitrogens is 1. The van der Waals surface area contributed by atoms with Gasteiger partial charge in [0.05, 0.1) is 21.7 Å². The number of hydrogen-bond donors (Lipinski definition) is 1. The average molecular weight is 436 g/mol. The van der Waals surface area contributed by atoms with Gasteiger partial charge in [-0.05, 0) is 42.0 Å². The van der Waals surface area contributed by atoms with Gasteiger partial charge >= 0.3 is 0 Å². The predicted molar refractivity (Wildman–Crippen MR) is 101 cm³/mol. The molecule has 1 atom stereocenters. The fourth-order valence-electron chi connectivity index (χ4n) is 2.60. The lowest BCUT2D eigenvalue weighted by atomic mass is 10.0. The lowest BCUT2D eigenvalue weighted by molar-refractivity contribution is 0.0941. The molecule has 0 spiro atoms. The van der Waals surface area contributed by atoms with Crippen molar-refractivity contribution in [3.63, 3.8) is 0 Å². The van der Waals surface area contributed by atoms with Crippen molar-refractivity contribution in [3.8, 4) is 6.07 Å². The molecule has 1 amide bonds. The molecule has 0 bridgehead atoms. The minimum Gasteiger partial charge on any atom is -0.339 e. The Kier molecular flexibility index (Phi) is 6.06. The molecule has 0 aliphatic carbocycles. The SMILES string of the molecule is N#Cc1ccc(C(=O)N[C@@H](c2ccc(Cl)c(F)c2)c2ncc(Cl)cc2F)cc1F. The van der Waals surface area contributed by atoms with Crippen LogP contribution >= 0.6 is 23.2 Å². The van der Waals surface area contributed by atoms with E-state index in [1.54, 1.807) is 6.07 Å². The van der Waals surface area contributed by atoms with Crippen LogP contribution < -0.4 is 5.32 Å². The minimum atomic E-state index is -1.22. The fourth-order valence-corrected chi connectivity index (χ4v) is 2.86. The molecule has 3 rings (SSSR count). The molecule has 29 heavy (non-hydrogen) atoms. The summed E-state index contributed by atoms with van der Waals surface area (Å²) in [6, 6.07) is 8.35. The largest absolute Gasteiger partial charge is 0.339 e. The number of pyridine rings is 1. The Balaban J connectivity index is 2.03. The number of benzene rings is 2. The van der Waals surface area contributed by atoms with E-state index >= 15 is 0 Å². The second-order valence-corrected chi connectivity index (χ2v) is 6.75. The normalized spacial score (nSPS) is 11.6. The van der Waals surface area contributed by atoms with Crippen LogP contribution in [0.15, 0.2) is 48.7 Å². The molecule has 146 valence electrons. The summed E-state index contributed by atoms with van der Waals surface area (Å²) in [5.41, 5.74) is -0.416. The lowest BCUT2D eigenvalue weighted by Gasteiger charge is -2.20. The number of halogens is 5. The van der Waals surface area contributed by atoms with Crippen molar-refractivity contribution in [2.24, 2.45) is 0 Å². The summed E-state index contributed by atoms with van der Waals surface area (Å²) in [6.45, 7) is 0. The van der Waals surface area contributed by atoms with Crippen LogP contribution in [0, 0.1) is 28.8 Å². The standard InChI is InChI=1S/C20H10Cl2F3N3O/c21-13-7-17(25)19(27-9-13)18(10-3-4-14(22)16(24)5-10)28-20(29)11-1-2-12(8-26)15(23)6-11/h1-7,9,18H,(H,28,29)/t18-/m0/s1. The number of amides is 1. The quantitative estimate of drug-likeness (QED) is 0.612. The molecule has 0 saturated carbocycles. The highest BCUT2D eigenvalue weighted by Crippen LogP contribution is 2.27. The van der Waals surface area contributed by atoms with E-state index in [0.29, 0.717) is 0 Å². The highest BCUT2D eigenvalue weighted by atomic mass is 35.5. The van der Waals surface area contributed by atoms with E-state index in [2.05, 4.69) is 10.3 Å². The van der Waals surface area contributed by atoms with Crippen LogP contribution in [0.25, 0.3) is 0 Å². The first kappa shape index (κ1) is 20.6. The van der Waals surface area contributed by atoms with Crippen LogP contribution in [0.3, 0.4) is 0 Å². The Hall–Kier alpha value is -3.08. The molecule has 4 nitrogen and oxygen atoms in total. The summed E-state index contributed by atoms with van der Waals surface area (Å²) in [7, 11) is 0. The van der Waals surface area contributed by atoms with Gasteiger partial charge in [0.25, 0.3) is 5.91 Å². The van der Waals surface area contributed by atoms with Crippen molar-refractivity contribution in [2.75, 3.05) is 0 Å². The summed E-state index contributed by atoms with van der Waals surface area (Å²) in [5.74, 6) is -3.28. The zero-order valence-corrected chi connectivity index (χ0v) is 15.9. The van der Waals surface area contributed by atoms with E-state index in [1.165, 1.54) is 24.4 Å². The van der Waals surface area contributed by atoms with Gasteiger partial charge in [0, 0.05) is 11.8 Å². The molecule has 1 N–H and O–H groups in total. The van der Waals surface area contributed by atoms with Crippen LogP contribution in [0.4, 0.5) is 13.2 Å². The van der Waals surface area contributed by atoms with E-state index in [4.69, 9.17) is 28.5 Å². The topological polar surface area (TPSA) is 65.8 Å². The van der Waals surface area contributed by atoms with Gasteiger partial charge in [0.2, 0.25) is 0 Å². The van der Waals surface area contributed by atoms with Crippen LogP contribution in [0.5, 0.6) is 0 Å². The first-order valence-corrected chi connectivity index (χ1v) is 8.82. The molecule has 0 radical (unpaired) electrons. The molecule has 0 aliphatic rings. The van der Waals surface area contributed by atoms with Gasteiger partial charge in [-0.15, -0.1) is 0 Å². The zero-order valence-electron chi connectivity index (χ0n) is 14.4. The van der Waals surface area contributed by atoms with Gasteiger partial charge in [0.15, 0.2) is 0 Å². The molecular weight excluding hydrogens is 426 g/mol. The first-order chi connectivity index (χ1) is 13.8. The van der Waals surface area contributed by atoms with Crippen LogP contribution in [-0.4, -0.2) is 10.9 Å². The molecule has 0 unspecified atom stereocenters. The van der Waals surface area contributed by atoms with Crippen molar-refractivity contribution in [2.45, 2.75) is 6.04 Å². The summed E-state index contributed by atoms with van der Waals surface area (Å²) in [6.07, 6.45) is 1.17. The molecule has 2 aromatic carbocycles. The Labute approximate surface area is 173 Å². The van der Waals surface area contributed by atoms with Gasteiger partial charge in [-0.2, -0.15) is 5.26 Å². The molecule has 3 aromatic rings. The molecule has 1 aromatic heterocycles. The van der Waals surface area contributed by atoms with Crippen molar-refractivity contribution >= 4 is 29.1 Å². The third-order valence-electron chi connectivity index (χ3n) is 4.01. The highest BCUT2D eigenvalue weighted by molar-refractivity contribution is 6.30. The van der Waals surface area contributed by atoms with E-state index in [1.807, 2.05) is 0 Å². The monoisotopic (exact) mass is 435 g/mol. The predicted octanol–water partition coefficient (Wildman–Crippen LogP) is 5.20. The minimum absolute atomic E-state index is 0.0350. The maximum atomic E-state index is 14.5. The highest BCUT2D eigenvalue weighted by Gasteiger charge is 2.24. The van der Waals surface area contributed by atoms with Crippen molar-refractivity contribution < 1.29 is 18.0 Å². The number of nitrogens with zero attached hydrogens (tertiary/aromatic N) is 2. The summed E-state index contributed by atoms with van der Waals surface area (Å²) in [4.78, 5) is 16.5. The molecule has 1 heterocycles. The van der Waals surface area contributed by atoms with Gasteiger partial charge < -0.3 is 5.32 Å². The van der Waals surface area contributed by atoms with Crippen LogP contribution in [0.1, 0.15) is 33.2 Å². The van der Waals surface area contributed by atoms with Gasteiger partial charge in [-0.25, -0.2) is 13.2 Å². The van der Waals surface area contributed by atoms with Crippen LogP contribution in [-0.2, 0) is 0 Å². The summed E-state index contributed by atoms with van der Waals surface area (Å²) in [5, 5.41) is 11.2. The number of hydrogen-bond acceptors (Lipinski definition) is 3. The number of carbonyl (C=O) groups excluding carboxylic acids is 1. The Morgan fingerprint density at radius 2 is 1.79 bits per heavy atom. The number of carbonyl (C=O) groups is 1. The van der Waals surface area contributed by atoms with E-state index in [0.717, 1.165) is 24.3 Å². The molecule has 9 heteroatoms. The zero-order chi connectivity index (χ0) is 21.1. The molecule has 0 aliphatic heterocycles. The Bertz CT molecular complexity index is 1150.